The van der Waals surface area contributed by atoms with Crippen LogP contribution in [-0.2, 0) is 4.79 Å². The van der Waals surface area contributed by atoms with Gasteiger partial charge in [0.1, 0.15) is 6.04 Å². The summed E-state index contributed by atoms with van der Waals surface area (Å²) in [5, 5.41) is 12.4. The molecule has 0 fully saturated rings. The maximum atomic E-state index is 12.2. The van der Waals surface area contributed by atoms with Crippen molar-refractivity contribution < 1.29 is 14.7 Å². The molecule has 0 spiro atoms. The fourth-order valence-electron chi connectivity index (χ4n) is 2.07. The van der Waals surface area contributed by atoms with Crippen LogP contribution in [0.4, 0.5) is 0 Å². The Morgan fingerprint density at radius 1 is 1.37 bits per heavy atom. The number of aliphatic carboxylic acids is 1. The Morgan fingerprint density at radius 3 is 2.84 bits per heavy atom. The number of aromatic nitrogens is 1. The molecule has 2 aromatic rings. The van der Waals surface area contributed by atoms with Crippen molar-refractivity contribution in [2.75, 3.05) is 0 Å². The zero-order chi connectivity index (χ0) is 13.8. The summed E-state index contributed by atoms with van der Waals surface area (Å²) >= 11 is 0. The van der Waals surface area contributed by atoms with Crippen LogP contribution in [0.3, 0.4) is 0 Å². The summed E-state index contributed by atoms with van der Waals surface area (Å²) in [7, 11) is 0. The number of benzene rings is 1. The molecule has 0 aliphatic heterocycles. The highest BCUT2D eigenvalue weighted by atomic mass is 16.4. The topological polar surface area (TPSA) is 82.2 Å². The Morgan fingerprint density at radius 2 is 2.16 bits per heavy atom. The molecule has 5 nitrogen and oxygen atoms in total. The standard InChI is InChI=1S/C14H16N2O3/c1-2-4-12(14(18)19)16-13(17)10-5-3-6-11-9(10)7-8-15-11/h3,5-8,12,15H,2,4H2,1H3,(H,16,17)(H,18,19)/t12-/m1/s1. The van der Waals surface area contributed by atoms with E-state index in [0.717, 1.165) is 10.9 Å². The third-order valence-electron chi connectivity index (χ3n) is 3.02. The van der Waals surface area contributed by atoms with Gasteiger partial charge >= 0.3 is 5.97 Å². The number of hydrogen-bond donors (Lipinski definition) is 3. The lowest BCUT2D eigenvalue weighted by Crippen LogP contribution is -2.40. The van der Waals surface area contributed by atoms with E-state index in [0.29, 0.717) is 18.4 Å². The van der Waals surface area contributed by atoms with E-state index in [1.165, 1.54) is 0 Å². The van der Waals surface area contributed by atoms with Gasteiger partial charge in [-0.25, -0.2) is 4.79 Å². The highest BCUT2D eigenvalue weighted by molar-refractivity contribution is 6.07. The predicted octanol–water partition coefficient (Wildman–Crippen LogP) is 2.15. The van der Waals surface area contributed by atoms with Crippen molar-refractivity contribution in [3.8, 4) is 0 Å². The lowest BCUT2D eigenvalue weighted by molar-refractivity contribution is -0.139. The summed E-state index contributed by atoms with van der Waals surface area (Å²) in [5.41, 5.74) is 1.34. The van der Waals surface area contributed by atoms with Crippen molar-refractivity contribution >= 4 is 22.8 Å². The van der Waals surface area contributed by atoms with E-state index in [1.807, 2.05) is 13.0 Å². The number of aromatic amines is 1. The van der Waals surface area contributed by atoms with Crippen LogP contribution in [0.1, 0.15) is 30.1 Å². The maximum absolute atomic E-state index is 12.2. The number of carbonyl (C=O) groups is 2. The first-order valence-electron chi connectivity index (χ1n) is 6.23. The molecule has 0 saturated heterocycles. The second kappa shape index (κ2) is 5.56. The van der Waals surface area contributed by atoms with Gasteiger partial charge in [0.05, 0.1) is 0 Å². The summed E-state index contributed by atoms with van der Waals surface area (Å²) in [6.07, 6.45) is 2.87. The molecule has 0 aliphatic rings. The fraction of sp³-hybridized carbons (Fsp3) is 0.286. The van der Waals surface area contributed by atoms with Crippen LogP contribution >= 0.6 is 0 Å². The molecule has 3 N–H and O–H groups in total. The van der Waals surface area contributed by atoms with Crippen molar-refractivity contribution in [3.63, 3.8) is 0 Å². The zero-order valence-corrected chi connectivity index (χ0v) is 10.6. The van der Waals surface area contributed by atoms with Crippen LogP contribution < -0.4 is 5.32 Å². The molecule has 100 valence electrons. The fourth-order valence-corrected chi connectivity index (χ4v) is 2.07. The van der Waals surface area contributed by atoms with Gasteiger partial charge in [-0.3, -0.25) is 4.79 Å². The van der Waals surface area contributed by atoms with Crippen molar-refractivity contribution in [1.29, 1.82) is 0 Å². The average molecular weight is 260 g/mol. The minimum absolute atomic E-state index is 0.356. The minimum Gasteiger partial charge on any atom is -0.480 e. The molecular weight excluding hydrogens is 244 g/mol. The highest BCUT2D eigenvalue weighted by Crippen LogP contribution is 2.17. The molecule has 1 heterocycles. The van der Waals surface area contributed by atoms with Crippen LogP contribution in [-0.4, -0.2) is 28.0 Å². The second-order valence-electron chi connectivity index (χ2n) is 4.40. The molecule has 1 aromatic heterocycles. The number of carboxylic acids is 1. The number of hydrogen-bond acceptors (Lipinski definition) is 2. The lowest BCUT2D eigenvalue weighted by Gasteiger charge is -2.13. The number of nitrogens with one attached hydrogen (secondary N) is 2. The molecule has 0 unspecified atom stereocenters. The number of rotatable bonds is 5. The molecule has 1 aromatic carbocycles. The van der Waals surface area contributed by atoms with Crippen LogP contribution in [0, 0.1) is 0 Å². The van der Waals surface area contributed by atoms with Crippen LogP contribution in [0.15, 0.2) is 30.5 Å². The number of carboxylic acid groups (broad SMARTS) is 1. The molecule has 0 aliphatic carbocycles. The Balaban J connectivity index is 2.24. The Hall–Kier alpha value is -2.30. The summed E-state index contributed by atoms with van der Waals surface area (Å²) in [5.74, 6) is -1.36. The van der Waals surface area contributed by atoms with Gasteiger partial charge in [-0.2, -0.15) is 0 Å². The second-order valence-corrected chi connectivity index (χ2v) is 4.40. The largest absolute Gasteiger partial charge is 0.480 e. The van der Waals surface area contributed by atoms with E-state index in [-0.39, 0.29) is 5.91 Å². The third kappa shape index (κ3) is 2.76. The summed E-state index contributed by atoms with van der Waals surface area (Å²) in [4.78, 5) is 26.2. The van der Waals surface area contributed by atoms with Gasteiger partial charge in [0, 0.05) is 22.7 Å². The number of fused-ring (bicyclic) bond motifs is 1. The van der Waals surface area contributed by atoms with E-state index in [4.69, 9.17) is 5.11 Å². The Bertz CT molecular complexity index is 604. The first-order valence-corrected chi connectivity index (χ1v) is 6.23. The van der Waals surface area contributed by atoms with Gasteiger partial charge in [-0.05, 0) is 24.6 Å². The van der Waals surface area contributed by atoms with Crippen molar-refractivity contribution in [1.82, 2.24) is 10.3 Å². The van der Waals surface area contributed by atoms with Gasteiger partial charge in [-0.1, -0.05) is 19.4 Å². The molecule has 5 heteroatoms. The molecule has 1 atom stereocenters. The summed E-state index contributed by atoms with van der Waals surface area (Å²) < 4.78 is 0. The summed E-state index contributed by atoms with van der Waals surface area (Å²) in [6.45, 7) is 1.88. The van der Waals surface area contributed by atoms with E-state index < -0.39 is 12.0 Å². The van der Waals surface area contributed by atoms with Gasteiger partial charge in [-0.15, -0.1) is 0 Å². The van der Waals surface area contributed by atoms with Gasteiger partial charge in [0.15, 0.2) is 0 Å². The van der Waals surface area contributed by atoms with Gasteiger partial charge in [0.25, 0.3) is 5.91 Å². The summed E-state index contributed by atoms with van der Waals surface area (Å²) in [6, 6.07) is 6.29. The molecule has 0 saturated carbocycles. The highest BCUT2D eigenvalue weighted by Gasteiger charge is 2.20. The number of amides is 1. The van der Waals surface area contributed by atoms with E-state index in [2.05, 4.69) is 10.3 Å². The third-order valence-corrected chi connectivity index (χ3v) is 3.02. The van der Waals surface area contributed by atoms with Crippen LogP contribution in [0.5, 0.6) is 0 Å². The first kappa shape index (κ1) is 13.1. The van der Waals surface area contributed by atoms with Crippen molar-refractivity contribution in [2.45, 2.75) is 25.8 Å². The average Bonchev–Trinajstić information content (AvgIpc) is 2.85. The monoisotopic (exact) mass is 260 g/mol. The maximum Gasteiger partial charge on any atom is 0.326 e. The Kier molecular flexibility index (Phi) is 3.85. The minimum atomic E-state index is -1.00. The normalized spacial score (nSPS) is 12.3. The Labute approximate surface area is 110 Å². The van der Waals surface area contributed by atoms with Crippen molar-refractivity contribution in [2.24, 2.45) is 0 Å². The van der Waals surface area contributed by atoms with Crippen LogP contribution in [0.25, 0.3) is 10.9 Å². The molecule has 0 radical (unpaired) electrons. The van der Waals surface area contributed by atoms with E-state index in [9.17, 15) is 9.59 Å². The molecule has 1 amide bonds. The zero-order valence-electron chi connectivity index (χ0n) is 10.6. The SMILES string of the molecule is CCC[C@@H](NC(=O)c1cccc2[nH]ccc12)C(=O)O. The quantitative estimate of drug-likeness (QED) is 0.770. The molecule has 2 rings (SSSR count). The lowest BCUT2D eigenvalue weighted by atomic mass is 10.1. The van der Waals surface area contributed by atoms with Gasteiger partial charge in [0.2, 0.25) is 0 Å². The molecule has 0 bridgehead atoms. The molecule has 19 heavy (non-hydrogen) atoms. The van der Waals surface area contributed by atoms with Crippen LogP contribution in [0.2, 0.25) is 0 Å². The predicted molar refractivity (Wildman–Crippen MR) is 72.1 cm³/mol. The van der Waals surface area contributed by atoms with Gasteiger partial charge < -0.3 is 15.4 Å². The first-order chi connectivity index (χ1) is 9.13. The number of H-pyrrole nitrogens is 1. The molecular formula is C14H16N2O3. The van der Waals surface area contributed by atoms with E-state index in [1.54, 1.807) is 24.4 Å². The smallest absolute Gasteiger partial charge is 0.326 e. The number of carbonyl (C=O) groups excluding carboxylic acids is 1. The van der Waals surface area contributed by atoms with Crippen molar-refractivity contribution in [3.05, 3.63) is 36.0 Å². The van der Waals surface area contributed by atoms with E-state index >= 15 is 0 Å².